The van der Waals surface area contributed by atoms with Gasteiger partial charge in [-0.25, -0.2) is 4.98 Å². The third kappa shape index (κ3) is 1.63. The van der Waals surface area contributed by atoms with Crippen LogP contribution in [-0.2, 0) is 10.3 Å². The van der Waals surface area contributed by atoms with Crippen molar-refractivity contribution < 1.29 is 4.74 Å². The molecule has 1 aromatic rings. The summed E-state index contributed by atoms with van der Waals surface area (Å²) in [4.78, 5) is 18.4. The zero-order valence-electron chi connectivity index (χ0n) is 8.96. The summed E-state index contributed by atoms with van der Waals surface area (Å²) in [5.74, 6) is 0.818. The average molecular weight is 209 g/mol. The van der Waals surface area contributed by atoms with Gasteiger partial charge in [-0.3, -0.25) is 4.79 Å². The van der Waals surface area contributed by atoms with Gasteiger partial charge in [0.2, 0.25) is 0 Å². The predicted octanol–water partition coefficient (Wildman–Crippen LogP) is 0.686. The Bertz CT molecular complexity index is 433. The van der Waals surface area contributed by atoms with Crippen LogP contribution in [-0.4, -0.2) is 16.6 Å². The Hall–Kier alpha value is -1.36. The number of ether oxygens (including phenoxy) is 1. The number of nitrogens with one attached hydrogen (secondary N) is 1. The largest absolute Gasteiger partial charge is 0.383 e. The molecule has 0 radical (unpaired) electrons. The zero-order valence-corrected chi connectivity index (χ0v) is 8.96. The first-order valence-corrected chi connectivity index (χ1v) is 5.04. The van der Waals surface area contributed by atoms with Gasteiger partial charge in [0.25, 0.3) is 5.56 Å². The maximum Gasteiger partial charge on any atom is 0.255 e. The first-order chi connectivity index (χ1) is 7.03. The highest BCUT2D eigenvalue weighted by atomic mass is 16.5. The van der Waals surface area contributed by atoms with Gasteiger partial charge in [0, 0.05) is 6.61 Å². The van der Waals surface area contributed by atoms with E-state index in [-0.39, 0.29) is 11.4 Å². The Morgan fingerprint density at radius 3 is 2.87 bits per heavy atom. The molecule has 1 saturated heterocycles. The lowest BCUT2D eigenvalue weighted by atomic mass is 10.0. The van der Waals surface area contributed by atoms with Crippen molar-refractivity contribution in [3.05, 3.63) is 21.7 Å². The molecule has 2 rings (SSSR count). The van der Waals surface area contributed by atoms with E-state index in [1.54, 1.807) is 6.92 Å². The van der Waals surface area contributed by atoms with Crippen LogP contribution in [0, 0.1) is 6.92 Å². The maximum absolute atomic E-state index is 11.5. The fourth-order valence-corrected chi connectivity index (χ4v) is 1.77. The monoisotopic (exact) mass is 209 g/mol. The SMILES string of the molecule is Cc1c(N)nc(C2(C)CCCO2)[nH]c1=O. The van der Waals surface area contributed by atoms with Crippen molar-refractivity contribution in [2.45, 2.75) is 32.3 Å². The summed E-state index contributed by atoms with van der Waals surface area (Å²) in [6.45, 7) is 4.28. The molecule has 1 aliphatic heterocycles. The van der Waals surface area contributed by atoms with Gasteiger partial charge in [-0.15, -0.1) is 0 Å². The molecule has 1 aliphatic rings. The van der Waals surface area contributed by atoms with E-state index >= 15 is 0 Å². The number of aromatic nitrogens is 2. The Kier molecular flexibility index (Phi) is 2.26. The summed E-state index contributed by atoms with van der Waals surface area (Å²) < 4.78 is 5.59. The summed E-state index contributed by atoms with van der Waals surface area (Å²) in [5.41, 5.74) is 5.45. The molecule has 0 aromatic carbocycles. The molecule has 0 amide bonds. The number of nitrogens with zero attached hydrogens (tertiary/aromatic N) is 1. The molecule has 15 heavy (non-hydrogen) atoms. The maximum atomic E-state index is 11.5. The quantitative estimate of drug-likeness (QED) is 0.713. The third-order valence-corrected chi connectivity index (χ3v) is 2.91. The topological polar surface area (TPSA) is 81.0 Å². The summed E-state index contributed by atoms with van der Waals surface area (Å²) in [6, 6.07) is 0. The lowest BCUT2D eigenvalue weighted by molar-refractivity contribution is 0.00923. The molecule has 2 heterocycles. The van der Waals surface area contributed by atoms with Crippen LogP contribution in [0.25, 0.3) is 0 Å². The Labute approximate surface area is 87.7 Å². The molecule has 1 atom stereocenters. The molecule has 0 bridgehead atoms. The van der Waals surface area contributed by atoms with Gasteiger partial charge < -0.3 is 15.5 Å². The van der Waals surface area contributed by atoms with Crippen molar-refractivity contribution in [2.75, 3.05) is 12.3 Å². The van der Waals surface area contributed by atoms with Crippen molar-refractivity contribution in [3.8, 4) is 0 Å². The number of hydrogen-bond donors (Lipinski definition) is 2. The predicted molar refractivity (Wildman–Crippen MR) is 56.5 cm³/mol. The number of anilines is 1. The van der Waals surface area contributed by atoms with E-state index in [1.165, 1.54) is 0 Å². The summed E-state index contributed by atoms with van der Waals surface area (Å²) >= 11 is 0. The van der Waals surface area contributed by atoms with Gasteiger partial charge >= 0.3 is 0 Å². The standard InChI is InChI=1S/C10H15N3O2/c1-6-7(11)12-9(13-8(6)14)10(2)4-3-5-15-10/h3-5H2,1-2H3,(H3,11,12,13,14). The van der Waals surface area contributed by atoms with Crippen LogP contribution in [0.5, 0.6) is 0 Å². The van der Waals surface area contributed by atoms with Gasteiger partial charge in [0.15, 0.2) is 0 Å². The minimum absolute atomic E-state index is 0.186. The van der Waals surface area contributed by atoms with Crippen LogP contribution in [0.2, 0.25) is 0 Å². The van der Waals surface area contributed by atoms with Gasteiger partial charge in [-0.2, -0.15) is 0 Å². The van der Waals surface area contributed by atoms with Gasteiger partial charge in [-0.05, 0) is 26.7 Å². The van der Waals surface area contributed by atoms with Crippen LogP contribution >= 0.6 is 0 Å². The number of rotatable bonds is 1. The Balaban J connectivity index is 2.50. The van der Waals surface area contributed by atoms with E-state index in [9.17, 15) is 4.79 Å². The zero-order chi connectivity index (χ0) is 11.1. The number of H-pyrrole nitrogens is 1. The van der Waals surface area contributed by atoms with Crippen LogP contribution < -0.4 is 11.3 Å². The molecule has 1 aromatic heterocycles. The molecule has 1 fully saturated rings. The van der Waals surface area contributed by atoms with Crippen LogP contribution in [0.15, 0.2) is 4.79 Å². The molecule has 0 spiro atoms. The number of nitrogen functional groups attached to an aromatic ring is 1. The molecule has 0 aliphatic carbocycles. The first kappa shape index (κ1) is 10.2. The number of aromatic amines is 1. The van der Waals surface area contributed by atoms with Crippen LogP contribution in [0.1, 0.15) is 31.2 Å². The average Bonchev–Trinajstić information content (AvgIpc) is 2.62. The molecule has 5 heteroatoms. The van der Waals surface area contributed by atoms with E-state index in [0.717, 1.165) is 12.8 Å². The smallest absolute Gasteiger partial charge is 0.255 e. The Morgan fingerprint density at radius 2 is 2.33 bits per heavy atom. The Morgan fingerprint density at radius 1 is 1.60 bits per heavy atom. The second-order valence-electron chi connectivity index (χ2n) is 4.11. The van der Waals surface area contributed by atoms with Gasteiger partial charge in [0.1, 0.15) is 17.2 Å². The minimum atomic E-state index is -0.485. The van der Waals surface area contributed by atoms with E-state index in [1.807, 2.05) is 6.92 Å². The number of hydrogen-bond acceptors (Lipinski definition) is 4. The van der Waals surface area contributed by atoms with Crippen molar-refractivity contribution in [1.29, 1.82) is 0 Å². The molecule has 82 valence electrons. The van der Waals surface area contributed by atoms with Crippen molar-refractivity contribution in [1.82, 2.24) is 9.97 Å². The molecule has 0 saturated carbocycles. The van der Waals surface area contributed by atoms with Crippen molar-refractivity contribution >= 4 is 5.82 Å². The molecule has 3 N–H and O–H groups in total. The molecular formula is C10H15N3O2. The third-order valence-electron chi connectivity index (χ3n) is 2.91. The second-order valence-corrected chi connectivity index (χ2v) is 4.11. The summed E-state index contributed by atoms with van der Waals surface area (Å²) in [7, 11) is 0. The summed E-state index contributed by atoms with van der Waals surface area (Å²) in [5, 5.41) is 0. The normalized spacial score (nSPS) is 25.7. The van der Waals surface area contributed by atoms with E-state index in [0.29, 0.717) is 18.0 Å². The first-order valence-electron chi connectivity index (χ1n) is 5.04. The highest BCUT2D eigenvalue weighted by Crippen LogP contribution is 2.33. The number of nitrogens with two attached hydrogens (primary N) is 1. The molecule has 5 nitrogen and oxygen atoms in total. The summed E-state index contributed by atoms with van der Waals surface area (Å²) in [6.07, 6.45) is 1.84. The molecular weight excluding hydrogens is 194 g/mol. The lowest BCUT2D eigenvalue weighted by Crippen LogP contribution is -2.28. The van der Waals surface area contributed by atoms with Gasteiger partial charge in [-0.1, -0.05) is 0 Å². The lowest BCUT2D eigenvalue weighted by Gasteiger charge is -2.22. The molecule has 1 unspecified atom stereocenters. The fraction of sp³-hybridized carbons (Fsp3) is 0.600. The highest BCUT2D eigenvalue weighted by molar-refractivity contribution is 5.36. The van der Waals surface area contributed by atoms with Crippen molar-refractivity contribution in [2.24, 2.45) is 0 Å². The highest BCUT2D eigenvalue weighted by Gasteiger charge is 2.34. The van der Waals surface area contributed by atoms with Crippen LogP contribution in [0.4, 0.5) is 5.82 Å². The van der Waals surface area contributed by atoms with E-state index in [4.69, 9.17) is 10.5 Å². The van der Waals surface area contributed by atoms with Crippen LogP contribution in [0.3, 0.4) is 0 Å². The van der Waals surface area contributed by atoms with Gasteiger partial charge in [0.05, 0.1) is 5.56 Å². The van der Waals surface area contributed by atoms with E-state index in [2.05, 4.69) is 9.97 Å². The van der Waals surface area contributed by atoms with E-state index < -0.39 is 5.60 Å². The second kappa shape index (κ2) is 3.34. The minimum Gasteiger partial charge on any atom is -0.383 e. The van der Waals surface area contributed by atoms with Crippen molar-refractivity contribution in [3.63, 3.8) is 0 Å². The fourth-order valence-electron chi connectivity index (χ4n) is 1.77.